The highest BCUT2D eigenvalue weighted by Gasteiger charge is 2.34. The Labute approximate surface area is 198 Å². The van der Waals surface area contributed by atoms with Gasteiger partial charge in [-0.05, 0) is 42.8 Å². The number of carbonyl (C=O) groups excluding carboxylic acids is 3. The standard InChI is InChI=1S/C23H22N4O4S2/c1-14-15(2)32-20-19(14)22(30)26(13-25-20)10-8-18(28)24-9-11-27-21(29)17(33-23(27)31)12-16-6-4-3-5-7-16/h3-7,12-13H,8-11H2,1-2H3,(H,24,28)/b17-12-. The molecule has 1 N–H and O–H groups in total. The molecule has 3 heterocycles. The molecule has 0 bridgehead atoms. The molecule has 1 aliphatic heterocycles. The molecular weight excluding hydrogens is 460 g/mol. The third-order valence-corrected chi connectivity index (χ3v) is 7.39. The van der Waals surface area contributed by atoms with Gasteiger partial charge in [0, 0.05) is 30.9 Å². The van der Waals surface area contributed by atoms with Crippen LogP contribution in [0, 0.1) is 13.8 Å². The number of imide groups is 1. The maximum Gasteiger partial charge on any atom is 0.293 e. The molecule has 0 unspecified atom stereocenters. The van der Waals surface area contributed by atoms with Gasteiger partial charge in [-0.1, -0.05) is 30.3 Å². The lowest BCUT2D eigenvalue weighted by Gasteiger charge is -2.13. The summed E-state index contributed by atoms with van der Waals surface area (Å²) in [5, 5.41) is 2.95. The molecule has 1 saturated heterocycles. The molecule has 2 aromatic heterocycles. The van der Waals surface area contributed by atoms with Gasteiger partial charge in [-0.15, -0.1) is 11.3 Å². The van der Waals surface area contributed by atoms with E-state index < -0.39 is 0 Å². The fourth-order valence-electron chi connectivity index (χ4n) is 3.44. The summed E-state index contributed by atoms with van der Waals surface area (Å²) in [6, 6.07) is 9.30. The zero-order valence-corrected chi connectivity index (χ0v) is 19.8. The van der Waals surface area contributed by atoms with E-state index in [2.05, 4.69) is 10.3 Å². The van der Waals surface area contributed by atoms with Crippen LogP contribution < -0.4 is 10.9 Å². The first kappa shape index (κ1) is 22.9. The van der Waals surface area contributed by atoms with E-state index >= 15 is 0 Å². The van der Waals surface area contributed by atoms with Crippen molar-refractivity contribution in [3.63, 3.8) is 0 Å². The van der Waals surface area contributed by atoms with Gasteiger partial charge in [0.25, 0.3) is 16.7 Å². The van der Waals surface area contributed by atoms with E-state index in [0.29, 0.717) is 15.1 Å². The van der Waals surface area contributed by atoms with E-state index in [-0.39, 0.29) is 48.7 Å². The number of fused-ring (bicyclic) bond motifs is 1. The number of aryl methyl sites for hydroxylation is 3. The van der Waals surface area contributed by atoms with Gasteiger partial charge in [0.05, 0.1) is 16.6 Å². The molecular formula is C23H22N4O4S2. The maximum absolute atomic E-state index is 12.7. The Balaban J connectivity index is 1.30. The molecule has 33 heavy (non-hydrogen) atoms. The van der Waals surface area contributed by atoms with Crippen LogP contribution in [0.2, 0.25) is 0 Å². The van der Waals surface area contributed by atoms with Crippen LogP contribution in [0.25, 0.3) is 16.3 Å². The molecule has 4 rings (SSSR count). The fourth-order valence-corrected chi connectivity index (χ4v) is 5.29. The minimum atomic E-state index is -0.365. The summed E-state index contributed by atoms with van der Waals surface area (Å²) >= 11 is 2.37. The highest BCUT2D eigenvalue weighted by atomic mass is 32.2. The van der Waals surface area contributed by atoms with Crippen molar-refractivity contribution in [3.05, 3.63) is 67.9 Å². The van der Waals surface area contributed by atoms with E-state index in [1.807, 2.05) is 44.2 Å². The summed E-state index contributed by atoms with van der Waals surface area (Å²) in [5.74, 6) is -0.637. The highest BCUT2D eigenvalue weighted by molar-refractivity contribution is 8.18. The van der Waals surface area contributed by atoms with Crippen molar-refractivity contribution in [2.24, 2.45) is 0 Å². The third kappa shape index (κ3) is 4.91. The Morgan fingerprint density at radius 3 is 2.64 bits per heavy atom. The SMILES string of the molecule is Cc1sc2ncn(CCC(=O)NCCN3C(=O)S/C(=C\c4ccccc4)C3=O)c(=O)c2c1C. The Morgan fingerprint density at radius 2 is 1.88 bits per heavy atom. The molecule has 1 aromatic carbocycles. The second-order valence-corrected chi connectivity index (χ2v) is 9.75. The van der Waals surface area contributed by atoms with Crippen LogP contribution in [0.1, 0.15) is 22.4 Å². The minimum absolute atomic E-state index is 0.0867. The first-order valence-electron chi connectivity index (χ1n) is 10.4. The summed E-state index contributed by atoms with van der Waals surface area (Å²) in [6.45, 7) is 4.28. The maximum atomic E-state index is 12.7. The first-order chi connectivity index (χ1) is 15.8. The molecule has 1 aliphatic rings. The van der Waals surface area contributed by atoms with E-state index in [4.69, 9.17) is 0 Å². The Morgan fingerprint density at radius 1 is 1.12 bits per heavy atom. The number of hydrogen-bond donors (Lipinski definition) is 1. The molecule has 8 nitrogen and oxygen atoms in total. The number of aromatic nitrogens is 2. The smallest absolute Gasteiger partial charge is 0.293 e. The summed E-state index contributed by atoms with van der Waals surface area (Å²) in [5.41, 5.74) is 1.61. The number of nitrogens with zero attached hydrogens (tertiary/aromatic N) is 3. The number of rotatable bonds is 7. The predicted molar refractivity (Wildman–Crippen MR) is 130 cm³/mol. The second-order valence-electron chi connectivity index (χ2n) is 7.55. The van der Waals surface area contributed by atoms with Gasteiger partial charge in [0.2, 0.25) is 5.91 Å². The van der Waals surface area contributed by atoms with Crippen LogP contribution in [-0.4, -0.2) is 44.6 Å². The van der Waals surface area contributed by atoms with Crippen molar-refractivity contribution in [2.75, 3.05) is 13.1 Å². The van der Waals surface area contributed by atoms with Crippen molar-refractivity contribution >= 4 is 56.4 Å². The largest absolute Gasteiger partial charge is 0.354 e. The van der Waals surface area contributed by atoms with Crippen molar-refractivity contribution in [2.45, 2.75) is 26.8 Å². The summed E-state index contributed by atoms with van der Waals surface area (Å²) < 4.78 is 1.44. The summed E-state index contributed by atoms with van der Waals surface area (Å²) in [6.07, 6.45) is 3.24. The lowest BCUT2D eigenvalue weighted by molar-refractivity contribution is -0.124. The molecule has 0 saturated carbocycles. The van der Waals surface area contributed by atoms with Crippen molar-refractivity contribution in [1.29, 1.82) is 0 Å². The molecule has 3 amide bonds. The molecule has 0 spiro atoms. The lowest BCUT2D eigenvalue weighted by atomic mass is 10.2. The number of carbonyl (C=O) groups is 3. The number of thioether (sulfide) groups is 1. The van der Waals surface area contributed by atoms with Crippen molar-refractivity contribution in [1.82, 2.24) is 19.8 Å². The van der Waals surface area contributed by atoms with E-state index in [0.717, 1.165) is 32.7 Å². The van der Waals surface area contributed by atoms with Gasteiger partial charge < -0.3 is 5.32 Å². The van der Waals surface area contributed by atoms with E-state index in [9.17, 15) is 19.2 Å². The average molecular weight is 483 g/mol. The average Bonchev–Trinajstić information content (AvgIpc) is 3.23. The Kier molecular flexibility index (Phi) is 6.75. The second kappa shape index (κ2) is 9.72. The highest BCUT2D eigenvalue weighted by Crippen LogP contribution is 2.31. The van der Waals surface area contributed by atoms with E-state index in [1.165, 1.54) is 22.2 Å². The summed E-state index contributed by atoms with van der Waals surface area (Å²) in [7, 11) is 0. The zero-order valence-electron chi connectivity index (χ0n) is 18.2. The first-order valence-corrected chi connectivity index (χ1v) is 12.0. The van der Waals surface area contributed by atoms with Gasteiger partial charge in [-0.3, -0.25) is 28.6 Å². The Bertz CT molecular complexity index is 1330. The molecule has 3 aromatic rings. The normalized spacial score (nSPS) is 15.1. The summed E-state index contributed by atoms with van der Waals surface area (Å²) in [4.78, 5) is 57.3. The van der Waals surface area contributed by atoms with Crippen LogP contribution in [-0.2, 0) is 16.1 Å². The topological polar surface area (TPSA) is 101 Å². The van der Waals surface area contributed by atoms with Crippen LogP contribution in [0.3, 0.4) is 0 Å². The molecule has 1 fully saturated rings. The van der Waals surface area contributed by atoms with E-state index in [1.54, 1.807) is 6.08 Å². The zero-order chi connectivity index (χ0) is 23.5. The number of amides is 3. The third-order valence-electron chi connectivity index (χ3n) is 5.36. The minimum Gasteiger partial charge on any atom is -0.354 e. The molecule has 0 radical (unpaired) electrons. The number of thiophene rings is 1. The van der Waals surface area contributed by atoms with Crippen molar-refractivity contribution in [3.8, 4) is 0 Å². The van der Waals surface area contributed by atoms with Gasteiger partial charge in [-0.25, -0.2) is 4.98 Å². The predicted octanol–water partition coefficient (Wildman–Crippen LogP) is 3.32. The van der Waals surface area contributed by atoms with Crippen LogP contribution >= 0.6 is 23.1 Å². The van der Waals surface area contributed by atoms with Gasteiger partial charge in [-0.2, -0.15) is 0 Å². The molecule has 10 heteroatoms. The lowest BCUT2D eigenvalue weighted by Crippen LogP contribution is -2.37. The quantitative estimate of drug-likeness (QED) is 0.519. The van der Waals surface area contributed by atoms with Crippen molar-refractivity contribution < 1.29 is 14.4 Å². The molecule has 0 atom stereocenters. The number of hydrogen-bond acceptors (Lipinski definition) is 7. The fraction of sp³-hybridized carbons (Fsp3) is 0.261. The molecule has 170 valence electrons. The van der Waals surface area contributed by atoms with Crippen LogP contribution in [0.5, 0.6) is 0 Å². The van der Waals surface area contributed by atoms with Gasteiger partial charge in [0.15, 0.2) is 0 Å². The van der Waals surface area contributed by atoms with Crippen LogP contribution in [0.4, 0.5) is 4.79 Å². The van der Waals surface area contributed by atoms with Gasteiger partial charge >= 0.3 is 0 Å². The Hall–Kier alpha value is -3.24. The number of benzene rings is 1. The molecule has 0 aliphatic carbocycles. The van der Waals surface area contributed by atoms with Crippen LogP contribution in [0.15, 0.2) is 46.4 Å². The van der Waals surface area contributed by atoms with Gasteiger partial charge in [0.1, 0.15) is 4.83 Å². The number of nitrogens with one attached hydrogen (secondary N) is 1. The monoisotopic (exact) mass is 482 g/mol.